The molecule has 28 heavy (non-hydrogen) atoms. The van der Waals surface area contributed by atoms with Crippen LogP contribution in [0, 0.1) is 6.92 Å². The Morgan fingerprint density at radius 3 is 2.39 bits per heavy atom. The molecule has 0 unspecified atom stereocenters. The fourth-order valence-corrected chi connectivity index (χ4v) is 3.88. The maximum Gasteiger partial charge on any atom is 0.418 e. The molecule has 152 valence electrons. The molecule has 0 saturated carbocycles. The second-order valence-corrected chi connectivity index (χ2v) is 7.71. The second kappa shape index (κ2) is 8.19. The molecule has 0 heterocycles. The normalized spacial score (nSPS) is 13.1. The number of rotatable bonds is 6. The number of alkyl halides is 3. The summed E-state index contributed by atoms with van der Waals surface area (Å²) in [4.78, 5) is 12.1. The lowest BCUT2D eigenvalue weighted by Crippen LogP contribution is -2.41. The number of carbonyl (C=O) groups is 1. The first-order valence-electron chi connectivity index (χ1n) is 8.10. The van der Waals surface area contributed by atoms with Gasteiger partial charge in [-0.2, -0.15) is 17.9 Å². The molecule has 1 amide bonds. The van der Waals surface area contributed by atoms with E-state index in [2.05, 4.69) is 10.0 Å². The van der Waals surface area contributed by atoms with E-state index >= 15 is 0 Å². The number of carbonyl (C=O) groups excluding carboxylic acids is 1. The summed E-state index contributed by atoms with van der Waals surface area (Å²) in [6.45, 7) is 2.91. The van der Waals surface area contributed by atoms with Gasteiger partial charge in [0, 0.05) is 0 Å². The Kier molecular flexibility index (Phi) is 6.35. The number of benzene rings is 2. The highest BCUT2D eigenvalue weighted by atomic mass is 32.2. The van der Waals surface area contributed by atoms with Gasteiger partial charge in [-0.1, -0.05) is 18.2 Å². The Labute approximate surface area is 160 Å². The summed E-state index contributed by atoms with van der Waals surface area (Å²) >= 11 is 0. The number of halogens is 3. The van der Waals surface area contributed by atoms with E-state index in [0.29, 0.717) is 5.56 Å². The second-order valence-electron chi connectivity index (χ2n) is 6.03. The minimum absolute atomic E-state index is 0.0770. The molecule has 0 aliphatic carbocycles. The maximum atomic E-state index is 13.0. The van der Waals surface area contributed by atoms with Crippen molar-refractivity contribution < 1.29 is 31.1 Å². The van der Waals surface area contributed by atoms with E-state index in [4.69, 9.17) is 4.74 Å². The smallest absolute Gasteiger partial charge is 0.418 e. The number of ether oxygens (including phenoxy) is 1. The number of aryl methyl sites for hydroxylation is 1. The van der Waals surface area contributed by atoms with Crippen molar-refractivity contribution in [2.45, 2.75) is 31.0 Å². The van der Waals surface area contributed by atoms with Gasteiger partial charge < -0.3 is 10.1 Å². The maximum absolute atomic E-state index is 13.0. The average Bonchev–Trinajstić information content (AvgIpc) is 2.60. The van der Waals surface area contributed by atoms with E-state index in [1.165, 1.54) is 38.3 Å². The van der Waals surface area contributed by atoms with Crippen LogP contribution < -0.4 is 14.8 Å². The zero-order valence-electron chi connectivity index (χ0n) is 15.3. The zero-order valence-corrected chi connectivity index (χ0v) is 16.1. The van der Waals surface area contributed by atoms with Gasteiger partial charge in [0.15, 0.2) is 0 Å². The lowest BCUT2D eigenvalue weighted by molar-refractivity contribution is -0.137. The summed E-state index contributed by atoms with van der Waals surface area (Å²) in [6.07, 6.45) is -4.67. The summed E-state index contributed by atoms with van der Waals surface area (Å²) in [6, 6.07) is 7.58. The van der Waals surface area contributed by atoms with Crippen molar-refractivity contribution in [1.29, 1.82) is 0 Å². The first kappa shape index (κ1) is 21.7. The van der Waals surface area contributed by atoms with Gasteiger partial charge in [-0.15, -0.1) is 0 Å². The van der Waals surface area contributed by atoms with Crippen LogP contribution in [-0.2, 0) is 21.0 Å². The number of amides is 1. The summed E-state index contributed by atoms with van der Waals surface area (Å²) in [5.41, 5.74) is -0.838. The van der Waals surface area contributed by atoms with Crippen LogP contribution in [0.1, 0.15) is 18.1 Å². The molecule has 0 aromatic heterocycles. The van der Waals surface area contributed by atoms with Gasteiger partial charge in [0.2, 0.25) is 15.9 Å². The summed E-state index contributed by atoms with van der Waals surface area (Å²) in [5, 5.41) is 2.11. The molecule has 0 spiro atoms. The molecule has 10 heteroatoms. The first-order valence-corrected chi connectivity index (χ1v) is 9.58. The standard InChI is InChI=1S/C18H19F3N2O4S/c1-11-8-9-15(27-3)16(10-11)28(25,26)23-12(2)17(24)22-14-7-5-4-6-13(14)18(19,20)21/h4-10,12,23H,1-3H3,(H,22,24)/t12-/m1/s1. The third kappa shape index (κ3) is 5.02. The molecular weight excluding hydrogens is 397 g/mol. The van der Waals surface area contributed by atoms with E-state index in [1.807, 2.05) is 0 Å². The van der Waals surface area contributed by atoms with Crippen LogP contribution in [0.15, 0.2) is 47.4 Å². The molecule has 6 nitrogen and oxygen atoms in total. The predicted octanol–water partition coefficient (Wildman–Crippen LogP) is 3.33. The minimum Gasteiger partial charge on any atom is -0.495 e. The molecular formula is C18H19F3N2O4S. The highest BCUT2D eigenvalue weighted by Crippen LogP contribution is 2.34. The van der Waals surface area contributed by atoms with Crippen LogP contribution in [0.5, 0.6) is 5.75 Å². The molecule has 0 radical (unpaired) electrons. The Bertz CT molecular complexity index is 975. The molecule has 2 aromatic rings. The topological polar surface area (TPSA) is 84.5 Å². The van der Waals surface area contributed by atoms with Crippen LogP contribution in [-0.4, -0.2) is 27.5 Å². The number of hydrogen-bond acceptors (Lipinski definition) is 4. The van der Waals surface area contributed by atoms with Crippen LogP contribution in [0.2, 0.25) is 0 Å². The largest absolute Gasteiger partial charge is 0.495 e. The summed E-state index contributed by atoms with van der Waals surface area (Å²) in [7, 11) is -2.86. The fourth-order valence-electron chi connectivity index (χ4n) is 2.42. The van der Waals surface area contributed by atoms with E-state index in [9.17, 15) is 26.4 Å². The minimum atomic E-state index is -4.67. The molecule has 2 rings (SSSR count). The summed E-state index contributed by atoms with van der Waals surface area (Å²) < 4.78 is 71.5. The molecule has 0 aliphatic rings. The van der Waals surface area contributed by atoms with Gasteiger partial charge in [0.25, 0.3) is 0 Å². The van der Waals surface area contributed by atoms with Crippen molar-refractivity contribution in [3.05, 3.63) is 53.6 Å². The van der Waals surface area contributed by atoms with Crippen LogP contribution in [0.3, 0.4) is 0 Å². The van der Waals surface area contributed by atoms with Crippen LogP contribution >= 0.6 is 0 Å². The molecule has 0 aliphatic heterocycles. The van der Waals surface area contributed by atoms with Gasteiger partial charge in [0.05, 0.1) is 24.4 Å². The fraction of sp³-hybridized carbons (Fsp3) is 0.278. The monoisotopic (exact) mass is 416 g/mol. The van der Waals surface area contributed by atoms with Gasteiger partial charge in [0.1, 0.15) is 10.6 Å². The number of para-hydroxylation sites is 1. The Morgan fingerprint density at radius 1 is 1.14 bits per heavy atom. The summed E-state index contributed by atoms with van der Waals surface area (Å²) in [5.74, 6) is -0.861. The Balaban J connectivity index is 2.23. The van der Waals surface area contributed by atoms with Gasteiger partial charge in [-0.25, -0.2) is 8.42 Å². The predicted molar refractivity (Wildman–Crippen MR) is 97.6 cm³/mol. The molecule has 0 bridgehead atoms. The van der Waals surface area contributed by atoms with Crippen molar-refractivity contribution >= 4 is 21.6 Å². The van der Waals surface area contributed by atoms with Crippen molar-refractivity contribution in [1.82, 2.24) is 4.72 Å². The average molecular weight is 416 g/mol. The van der Waals surface area contributed by atoms with Crippen LogP contribution in [0.25, 0.3) is 0 Å². The SMILES string of the molecule is COc1ccc(C)cc1S(=O)(=O)N[C@H](C)C(=O)Nc1ccccc1C(F)(F)F. The van der Waals surface area contributed by atoms with Gasteiger partial charge in [-0.3, -0.25) is 4.79 Å². The van der Waals surface area contributed by atoms with Crippen LogP contribution in [0.4, 0.5) is 18.9 Å². The highest BCUT2D eigenvalue weighted by Gasteiger charge is 2.34. The molecule has 2 N–H and O–H groups in total. The zero-order chi connectivity index (χ0) is 21.1. The number of anilines is 1. The Morgan fingerprint density at radius 2 is 1.79 bits per heavy atom. The quantitative estimate of drug-likeness (QED) is 0.757. The third-order valence-electron chi connectivity index (χ3n) is 3.82. The molecule has 2 aromatic carbocycles. The number of nitrogens with one attached hydrogen (secondary N) is 2. The highest BCUT2D eigenvalue weighted by molar-refractivity contribution is 7.89. The van der Waals surface area contributed by atoms with E-state index in [-0.39, 0.29) is 10.6 Å². The molecule has 0 saturated heterocycles. The lowest BCUT2D eigenvalue weighted by atomic mass is 10.1. The van der Waals surface area contributed by atoms with E-state index in [1.54, 1.807) is 13.0 Å². The molecule has 1 atom stereocenters. The van der Waals surface area contributed by atoms with E-state index < -0.39 is 39.4 Å². The number of methoxy groups -OCH3 is 1. The van der Waals surface area contributed by atoms with Crippen molar-refractivity contribution in [3.63, 3.8) is 0 Å². The van der Waals surface area contributed by atoms with Gasteiger partial charge >= 0.3 is 6.18 Å². The van der Waals surface area contributed by atoms with E-state index in [0.717, 1.165) is 12.1 Å². The Hall–Kier alpha value is -2.59. The third-order valence-corrected chi connectivity index (χ3v) is 5.39. The molecule has 0 fully saturated rings. The van der Waals surface area contributed by atoms with Gasteiger partial charge in [-0.05, 0) is 43.7 Å². The first-order chi connectivity index (χ1) is 13.0. The lowest BCUT2D eigenvalue weighted by Gasteiger charge is -2.18. The number of sulfonamides is 1. The van der Waals surface area contributed by atoms with Crippen molar-refractivity contribution in [3.8, 4) is 5.75 Å². The van der Waals surface area contributed by atoms with Crippen molar-refractivity contribution in [2.75, 3.05) is 12.4 Å². The number of hydrogen-bond donors (Lipinski definition) is 2. The van der Waals surface area contributed by atoms with Crippen molar-refractivity contribution in [2.24, 2.45) is 0 Å².